The summed E-state index contributed by atoms with van der Waals surface area (Å²) in [5, 5.41) is 0. The van der Waals surface area contributed by atoms with Gasteiger partial charge in [-0.25, -0.2) is 4.39 Å². The molecule has 0 bridgehead atoms. The summed E-state index contributed by atoms with van der Waals surface area (Å²) in [6, 6.07) is 0. The number of halogens is 1. The Morgan fingerprint density at radius 1 is 1.30 bits per heavy atom. The number of quaternary nitrogens is 1. The summed E-state index contributed by atoms with van der Waals surface area (Å²) in [5.41, 5.74) is 0. The molecule has 0 saturated carbocycles. The first-order valence-corrected chi connectivity index (χ1v) is 3.86. The molecule has 0 aliphatic heterocycles. The van der Waals surface area contributed by atoms with E-state index in [-0.39, 0.29) is 0 Å². The van der Waals surface area contributed by atoms with Gasteiger partial charge in [0.05, 0.1) is 33.9 Å². The Bertz CT molecular complexity index is 83.7. The van der Waals surface area contributed by atoms with Gasteiger partial charge in [0.1, 0.15) is 0 Å². The van der Waals surface area contributed by atoms with Crippen molar-refractivity contribution in [2.45, 2.75) is 25.9 Å². The largest absolute Gasteiger partial charge is 0.331 e. The Balaban J connectivity index is 3.21. The van der Waals surface area contributed by atoms with Gasteiger partial charge in [-0.1, -0.05) is 0 Å². The third-order valence-corrected chi connectivity index (χ3v) is 1.43. The van der Waals surface area contributed by atoms with Gasteiger partial charge in [-0.05, 0) is 19.8 Å². The van der Waals surface area contributed by atoms with E-state index in [1.807, 2.05) is 0 Å². The Labute approximate surface area is 63.4 Å². The van der Waals surface area contributed by atoms with Crippen LogP contribution in [0.3, 0.4) is 0 Å². The molecule has 0 saturated heterocycles. The lowest BCUT2D eigenvalue weighted by Crippen LogP contribution is -2.35. The van der Waals surface area contributed by atoms with E-state index < -0.39 is 6.17 Å². The van der Waals surface area contributed by atoms with Gasteiger partial charge in [0.2, 0.25) is 0 Å². The van der Waals surface area contributed by atoms with E-state index in [0.29, 0.717) is 6.42 Å². The van der Waals surface area contributed by atoms with Crippen LogP contribution in [0.5, 0.6) is 0 Å². The molecule has 0 aliphatic rings. The van der Waals surface area contributed by atoms with E-state index in [9.17, 15) is 4.39 Å². The van der Waals surface area contributed by atoms with Gasteiger partial charge in [-0.2, -0.15) is 0 Å². The average molecular weight is 148 g/mol. The minimum atomic E-state index is -0.633. The van der Waals surface area contributed by atoms with Crippen LogP contribution >= 0.6 is 0 Å². The first-order valence-electron chi connectivity index (χ1n) is 3.86. The van der Waals surface area contributed by atoms with E-state index in [2.05, 4.69) is 21.1 Å². The lowest BCUT2D eigenvalue weighted by atomic mass is 10.2. The van der Waals surface area contributed by atoms with Gasteiger partial charge in [0, 0.05) is 0 Å². The predicted octanol–water partition coefficient (Wildman–Crippen LogP) is 1.83. The summed E-state index contributed by atoms with van der Waals surface area (Å²) in [6.07, 6.45) is 1.06. The molecule has 0 spiro atoms. The highest BCUT2D eigenvalue weighted by Gasteiger charge is 2.07. The van der Waals surface area contributed by atoms with Gasteiger partial charge in [0.15, 0.2) is 0 Å². The fourth-order valence-corrected chi connectivity index (χ4v) is 0.847. The molecule has 0 amide bonds. The molecule has 0 aromatic heterocycles. The van der Waals surface area contributed by atoms with Crippen molar-refractivity contribution < 1.29 is 8.87 Å². The SMILES string of the molecule is CC(F)CCC[N+](C)(C)C. The minimum Gasteiger partial charge on any atom is -0.331 e. The molecular formula is C8H19FN+. The molecule has 10 heavy (non-hydrogen) atoms. The fourth-order valence-electron chi connectivity index (χ4n) is 0.847. The first-order chi connectivity index (χ1) is 4.42. The lowest BCUT2D eigenvalue weighted by molar-refractivity contribution is -0.870. The molecule has 0 N–H and O–H groups in total. The summed E-state index contributed by atoms with van der Waals surface area (Å²) in [6.45, 7) is 2.68. The van der Waals surface area contributed by atoms with Crippen molar-refractivity contribution >= 4 is 0 Å². The third kappa shape index (κ3) is 7.89. The number of hydrogen-bond donors (Lipinski definition) is 0. The smallest absolute Gasteiger partial charge is 0.0975 e. The van der Waals surface area contributed by atoms with E-state index in [1.165, 1.54) is 0 Å². The zero-order valence-corrected chi connectivity index (χ0v) is 7.52. The number of nitrogens with zero attached hydrogens (tertiary/aromatic N) is 1. The second kappa shape index (κ2) is 3.91. The summed E-state index contributed by atoms with van der Waals surface area (Å²) in [5.74, 6) is 0. The zero-order chi connectivity index (χ0) is 8.20. The summed E-state index contributed by atoms with van der Waals surface area (Å²) >= 11 is 0. The molecule has 2 heteroatoms. The second-order valence-corrected chi connectivity index (χ2v) is 3.94. The monoisotopic (exact) mass is 148 g/mol. The average Bonchev–Trinajstić information content (AvgIpc) is 1.59. The molecule has 0 fully saturated rings. The topological polar surface area (TPSA) is 0 Å². The molecule has 1 atom stereocenters. The van der Waals surface area contributed by atoms with Gasteiger partial charge in [0.25, 0.3) is 0 Å². The van der Waals surface area contributed by atoms with Crippen molar-refractivity contribution in [3.63, 3.8) is 0 Å². The van der Waals surface area contributed by atoms with Crippen LogP contribution in [0, 0.1) is 0 Å². The number of alkyl halides is 1. The van der Waals surface area contributed by atoms with Crippen molar-refractivity contribution in [2.75, 3.05) is 27.7 Å². The first kappa shape index (κ1) is 9.89. The van der Waals surface area contributed by atoms with Gasteiger partial charge in [-0.15, -0.1) is 0 Å². The van der Waals surface area contributed by atoms with Crippen LogP contribution in [0.2, 0.25) is 0 Å². The Morgan fingerprint density at radius 2 is 1.80 bits per heavy atom. The van der Waals surface area contributed by atoms with Crippen molar-refractivity contribution in [1.82, 2.24) is 0 Å². The molecule has 0 radical (unpaired) electrons. The van der Waals surface area contributed by atoms with Crippen LogP contribution in [0.1, 0.15) is 19.8 Å². The summed E-state index contributed by atoms with van der Waals surface area (Å²) < 4.78 is 13.2. The Hall–Kier alpha value is -0.110. The van der Waals surface area contributed by atoms with Gasteiger partial charge < -0.3 is 4.48 Å². The standard InChI is InChI=1S/C8H19FN/c1-8(9)6-5-7-10(2,3)4/h8H,5-7H2,1-4H3/q+1. The van der Waals surface area contributed by atoms with Crippen LogP contribution < -0.4 is 0 Å². The number of hydrogen-bond acceptors (Lipinski definition) is 0. The van der Waals surface area contributed by atoms with Crippen LogP contribution in [0.4, 0.5) is 4.39 Å². The van der Waals surface area contributed by atoms with E-state index in [0.717, 1.165) is 17.4 Å². The van der Waals surface area contributed by atoms with Crippen molar-refractivity contribution in [3.05, 3.63) is 0 Å². The van der Waals surface area contributed by atoms with Crippen molar-refractivity contribution in [1.29, 1.82) is 0 Å². The molecule has 1 nitrogen and oxygen atoms in total. The van der Waals surface area contributed by atoms with Crippen LogP contribution in [-0.4, -0.2) is 38.3 Å². The summed E-state index contributed by atoms with van der Waals surface area (Å²) in [4.78, 5) is 0. The van der Waals surface area contributed by atoms with Gasteiger partial charge >= 0.3 is 0 Å². The van der Waals surface area contributed by atoms with Crippen molar-refractivity contribution in [3.8, 4) is 0 Å². The molecule has 1 unspecified atom stereocenters. The zero-order valence-electron chi connectivity index (χ0n) is 7.52. The normalized spacial score (nSPS) is 15.3. The lowest BCUT2D eigenvalue weighted by Gasteiger charge is -2.23. The summed E-state index contributed by atoms with van der Waals surface area (Å²) in [7, 11) is 6.38. The van der Waals surface area contributed by atoms with Crippen LogP contribution in [0.15, 0.2) is 0 Å². The maximum absolute atomic E-state index is 12.3. The Morgan fingerprint density at radius 3 is 2.10 bits per heavy atom. The molecule has 0 heterocycles. The number of rotatable bonds is 4. The maximum atomic E-state index is 12.3. The highest BCUT2D eigenvalue weighted by Crippen LogP contribution is 2.03. The minimum absolute atomic E-state index is 0.633. The molecule has 0 aromatic rings. The molecule has 0 rings (SSSR count). The predicted molar refractivity (Wildman–Crippen MR) is 42.7 cm³/mol. The van der Waals surface area contributed by atoms with E-state index in [1.54, 1.807) is 6.92 Å². The molecule has 0 aliphatic carbocycles. The quantitative estimate of drug-likeness (QED) is 0.534. The van der Waals surface area contributed by atoms with Crippen LogP contribution in [-0.2, 0) is 0 Å². The fraction of sp³-hybridized carbons (Fsp3) is 1.00. The highest BCUT2D eigenvalue weighted by molar-refractivity contribution is 4.46. The van der Waals surface area contributed by atoms with Gasteiger partial charge in [-0.3, -0.25) is 0 Å². The Kier molecular flexibility index (Phi) is 3.87. The highest BCUT2D eigenvalue weighted by atomic mass is 19.1. The third-order valence-electron chi connectivity index (χ3n) is 1.43. The molecule has 0 aromatic carbocycles. The van der Waals surface area contributed by atoms with E-state index in [4.69, 9.17) is 0 Å². The van der Waals surface area contributed by atoms with E-state index >= 15 is 0 Å². The molecular weight excluding hydrogens is 129 g/mol. The molecule has 62 valence electrons. The van der Waals surface area contributed by atoms with Crippen molar-refractivity contribution in [2.24, 2.45) is 0 Å². The maximum Gasteiger partial charge on any atom is 0.0975 e. The van der Waals surface area contributed by atoms with Crippen LogP contribution in [0.25, 0.3) is 0 Å². The second-order valence-electron chi connectivity index (χ2n) is 3.94.